The van der Waals surface area contributed by atoms with E-state index in [-0.39, 0.29) is 40.7 Å². The van der Waals surface area contributed by atoms with Gasteiger partial charge in [0.25, 0.3) is 5.91 Å². The van der Waals surface area contributed by atoms with Gasteiger partial charge >= 0.3 is 0 Å². The molecule has 1 aliphatic carbocycles. The third-order valence-corrected chi connectivity index (χ3v) is 6.38. The third kappa shape index (κ3) is 2.97. The van der Waals surface area contributed by atoms with Crippen molar-refractivity contribution in [3.63, 3.8) is 0 Å². The molecule has 29 heavy (non-hydrogen) atoms. The number of hydrogen-bond acceptors (Lipinski definition) is 4. The zero-order valence-electron chi connectivity index (χ0n) is 15.5. The van der Waals surface area contributed by atoms with Crippen LogP contribution in [0.25, 0.3) is 0 Å². The Morgan fingerprint density at radius 3 is 2.72 bits per heavy atom. The van der Waals surface area contributed by atoms with Crippen LogP contribution >= 0.6 is 11.6 Å². The van der Waals surface area contributed by atoms with Gasteiger partial charge in [0.2, 0.25) is 0 Å². The molecular formula is C22H19ClFNO4. The second-order valence-corrected chi connectivity index (χ2v) is 8.33. The van der Waals surface area contributed by atoms with Gasteiger partial charge in [-0.1, -0.05) is 18.2 Å². The first-order valence-corrected chi connectivity index (χ1v) is 10.1. The number of nitrogens with zero attached hydrogens (tertiary/aromatic N) is 1. The number of halogens is 2. The fourth-order valence-corrected chi connectivity index (χ4v) is 4.93. The monoisotopic (exact) mass is 415 g/mol. The maximum absolute atomic E-state index is 14.7. The Morgan fingerprint density at radius 1 is 1.14 bits per heavy atom. The Hall–Kier alpha value is -2.60. The lowest BCUT2D eigenvalue weighted by molar-refractivity contribution is -0.135. The van der Waals surface area contributed by atoms with Gasteiger partial charge in [0.05, 0.1) is 30.3 Å². The van der Waals surface area contributed by atoms with E-state index >= 15 is 0 Å². The minimum Gasteiger partial charge on any atom is -0.483 e. The van der Waals surface area contributed by atoms with E-state index in [1.165, 1.54) is 17.2 Å². The van der Waals surface area contributed by atoms with Gasteiger partial charge in [-0.25, -0.2) is 4.39 Å². The normalized spacial score (nSPS) is 29.0. The van der Waals surface area contributed by atoms with Gasteiger partial charge in [0.15, 0.2) is 11.5 Å². The third-order valence-electron chi connectivity index (χ3n) is 5.99. The largest absolute Gasteiger partial charge is 0.483 e. The average Bonchev–Trinajstić information content (AvgIpc) is 3.31. The Labute approximate surface area is 172 Å². The maximum Gasteiger partial charge on any atom is 0.290 e. The predicted molar refractivity (Wildman–Crippen MR) is 102 cm³/mol. The molecule has 5 nitrogen and oxygen atoms in total. The Balaban J connectivity index is 1.60. The van der Waals surface area contributed by atoms with E-state index in [1.807, 2.05) is 0 Å². The molecule has 4 unspecified atom stereocenters. The van der Waals surface area contributed by atoms with E-state index in [0.717, 1.165) is 6.42 Å². The molecule has 3 aliphatic rings. The van der Waals surface area contributed by atoms with Crippen molar-refractivity contribution < 1.29 is 23.1 Å². The van der Waals surface area contributed by atoms with Gasteiger partial charge in [-0.2, -0.15) is 0 Å². The number of alkyl halides is 1. The molecule has 0 bridgehead atoms. The van der Waals surface area contributed by atoms with Crippen molar-refractivity contribution in [2.24, 2.45) is 5.92 Å². The lowest BCUT2D eigenvalue weighted by atomic mass is 9.77. The van der Waals surface area contributed by atoms with Crippen molar-refractivity contribution in [3.8, 4) is 0 Å². The van der Waals surface area contributed by atoms with Crippen molar-refractivity contribution in [1.82, 2.24) is 4.90 Å². The summed E-state index contributed by atoms with van der Waals surface area (Å²) in [5, 5.41) is -0.103. The van der Waals surface area contributed by atoms with Crippen LogP contribution in [0, 0.1) is 11.7 Å². The van der Waals surface area contributed by atoms with E-state index in [9.17, 15) is 14.0 Å². The zero-order chi connectivity index (χ0) is 20.1. The summed E-state index contributed by atoms with van der Waals surface area (Å²) in [6.45, 7) is 0.113. The van der Waals surface area contributed by atoms with E-state index in [4.69, 9.17) is 20.8 Å². The number of fused-ring (bicyclic) bond motifs is 1. The van der Waals surface area contributed by atoms with Crippen LogP contribution in [0.4, 0.5) is 4.39 Å². The summed E-state index contributed by atoms with van der Waals surface area (Å²) in [7, 11) is 0. The van der Waals surface area contributed by atoms with Crippen LogP contribution in [0.2, 0.25) is 0 Å². The quantitative estimate of drug-likeness (QED) is 0.707. The minimum atomic E-state index is -0.854. The number of rotatable bonds is 3. The Kier molecular flexibility index (Phi) is 4.46. The predicted octanol–water partition coefficient (Wildman–Crippen LogP) is 4.13. The van der Waals surface area contributed by atoms with Gasteiger partial charge in [-0.3, -0.25) is 9.59 Å². The summed E-state index contributed by atoms with van der Waals surface area (Å²) in [5.74, 6) is -0.864. The molecule has 0 spiro atoms. The molecule has 150 valence electrons. The maximum atomic E-state index is 14.7. The van der Waals surface area contributed by atoms with Crippen molar-refractivity contribution in [3.05, 3.63) is 71.1 Å². The molecule has 1 fully saturated rings. The molecule has 7 heteroatoms. The molecule has 0 radical (unpaired) electrons. The molecule has 1 aromatic heterocycles. The summed E-state index contributed by atoms with van der Waals surface area (Å²) >= 11 is 6.30. The first kappa shape index (κ1) is 18.4. The van der Waals surface area contributed by atoms with Crippen molar-refractivity contribution in [1.29, 1.82) is 0 Å². The molecule has 0 saturated heterocycles. The average molecular weight is 416 g/mol. The summed E-state index contributed by atoms with van der Waals surface area (Å²) in [6, 6.07) is 8.81. The number of ether oxygens (including phenoxy) is 1. The minimum absolute atomic E-state index is 0.0454. The van der Waals surface area contributed by atoms with E-state index in [0.29, 0.717) is 18.6 Å². The molecule has 2 aromatic rings. The SMILES string of the molecule is O=C1C2=C(OC3CCC(Cl)CC13)C(=O)N(Cc1ccco1)C2c1ccccc1F. The Bertz CT molecular complexity index is 1000. The van der Waals surface area contributed by atoms with Gasteiger partial charge in [-0.05, 0) is 37.5 Å². The number of hydrogen-bond donors (Lipinski definition) is 0. The number of furan rings is 1. The zero-order valence-corrected chi connectivity index (χ0v) is 16.3. The van der Waals surface area contributed by atoms with Gasteiger partial charge in [-0.15, -0.1) is 11.6 Å². The van der Waals surface area contributed by atoms with Crippen molar-refractivity contribution >= 4 is 23.3 Å². The molecule has 5 rings (SSSR count). The summed E-state index contributed by atoms with van der Waals surface area (Å²) in [4.78, 5) is 28.2. The van der Waals surface area contributed by atoms with Gasteiger partial charge in [0.1, 0.15) is 17.7 Å². The second-order valence-electron chi connectivity index (χ2n) is 7.72. The number of benzene rings is 1. The highest BCUT2D eigenvalue weighted by Gasteiger charge is 2.53. The highest BCUT2D eigenvalue weighted by molar-refractivity contribution is 6.21. The molecule has 1 aromatic carbocycles. The fraction of sp³-hybridized carbons (Fsp3) is 0.364. The van der Waals surface area contributed by atoms with Crippen molar-refractivity contribution in [2.45, 2.75) is 43.3 Å². The molecule has 1 saturated carbocycles. The molecule has 4 atom stereocenters. The van der Waals surface area contributed by atoms with E-state index in [1.54, 1.807) is 30.3 Å². The number of carbonyl (C=O) groups is 2. The van der Waals surface area contributed by atoms with Crippen LogP contribution in [-0.2, 0) is 20.9 Å². The summed E-state index contributed by atoms with van der Waals surface area (Å²) in [6.07, 6.45) is 3.01. The van der Waals surface area contributed by atoms with Crippen LogP contribution in [-0.4, -0.2) is 28.1 Å². The lowest BCUT2D eigenvalue weighted by Crippen LogP contribution is -2.41. The highest BCUT2D eigenvalue weighted by atomic mass is 35.5. The summed E-state index contributed by atoms with van der Waals surface area (Å²) < 4.78 is 26.2. The molecule has 0 N–H and O–H groups in total. The van der Waals surface area contributed by atoms with Crippen molar-refractivity contribution in [2.75, 3.05) is 0 Å². The fourth-order valence-electron chi connectivity index (χ4n) is 4.62. The van der Waals surface area contributed by atoms with E-state index in [2.05, 4.69) is 0 Å². The molecule has 3 heterocycles. The van der Waals surface area contributed by atoms with Crippen LogP contribution in [0.1, 0.15) is 36.6 Å². The number of amides is 1. The Morgan fingerprint density at radius 2 is 1.97 bits per heavy atom. The second kappa shape index (κ2) is 7.02. The first-order chi connectivity index (χ1) is 14.0. The standard InChI is InChI=1S/C22H19ClFNO4/c23-12-7-8-17-15(10-12)20(26)18-19(14-5-1-2-6-16(14)24)25(22(27)21(18)29-17)11-13-4-3-9-28-13/h1-6,9,12,15,17,19H,7-8,10-11H2. The molecule has 2 aliphatic heterocycles. The van der Waals surface area contributed by atoms with Gasteiger partial charge in [0, 0.05) is 10.9 Å². The number of Topliss-reactive ketones (excluding diaryl/α,β-unsaturated/α-hetero) is 1. The first-order valence-electron chi connectivity index (χ1n) is 9.71. The topological polar surface area (TPSA) is 59.8 Å². The lowest BCUT2D eigenvalue weighted by Gasteiger charge is -2.37. The number of ketones is 1. The molecular weight excluding hydrogens is 397 g/mol. The van der Waals surface area contributed by atoms with Crippen LogP contribution < -0.4 is 0 Å². The van der Waals surface area contributed by atoms with Crippen LogP contribution in [0.5, 0.6) is 0 Å². The highest BCUT2D eigenvalue weighted by Crippen LogP contribution is 2.48. The van der Waals surface area contributed by atoms with Crippen LogP contribution in [0.15, 0.2) is 58.4 Å². The van der Waals surface area contributed by atoms with E-state index < -0.39 is 23.7 Å². The smallest absolute Gasteiger partial charge is 0.290 e. The number of carbonyl (C=O) groups excluding carboxylic acids is 2. The van der Waals surface area contributed by atoms with Gasteiger partial charge < -0.3 is 14.1 Å². The van der Waals surface area contributed by atoms with Crippen LogP contribution in [0.3, 0.4) is 0 Å². The molecule has 1 amide bonds. The summed E-state index contributed by atoms with van der Waals surface area (Å²) in [5.41, 5.74) is 0.504.